The van der Waals surface area contributed by atoms with Crippen molar-refractivity contribution in [2.24, 2.45) is 0 Å². The molecule has 19 heavy (non-hydrogen) atoms. The number of aliphatic carboxylic acids is 2. The van der Waals surface area contributed by atoms with Crippen LogP contribution in [0.1, 0.15) is 0 Å². The molecule has 0 rings (SSSR count). The molecular formula is C4H18KNaO13. The molecule has 0 amide bonds. The number of aliphatic hydroxyl groups is 2. The fourth-order valence-electron chi connectivity index (χ4n) is 0.258. The van der Waals surface area contributed by atoms with E-state index in [1.54, 1.807) is 0 Å². The summed E-state index contributed by atoms with van der Waals surface area (Å²) in [5, 5.41) is 35.7. The Labute approximate surface area is 171 Å². The molecule has 0 aromatic carbocycles. The number of rotatable bonds is 3. The van der Waals surface area contributed by atoms with Crippen LogP contribution >= 0.6 is 0 Å². The third-order valence-electron chi connectivity index (χ3n) is 0.782. The number of aliphatic hydroxyl groups excluding tert-OH is 2. The summed E-state index contributed by atoms with van der Waals surface area (Å²) in [6.07, 6.45) is -4.88. The van der Waals surface area contributed by atoms with E-state index in [0.29, 0.717) is 0 Å². The van der Waals surface area contributed by atoms with Crippen LogP contribution in [0.4, 0.5) is 0 Å². The Morgan fingerprint density at radius 2 is 0.789 bits per heavy atom. The average Bonchev–Trinajstić information content (AvgIpc) is 1.84. The molecule has 16 N–H and O–H groups in total. The molecule has 13 nitrogen and oxygen atoms in total. The summed E-state index contributed by atoms with van der Waals surface area (Å²) in [5.41, 5.74) is 0. The van der Waals surface area contributed by atoms with Crippen LogP contribution in [-0.4, -0.2) is 72.7 Å². The number of carboxylic acids is 2. The third-order valence-corrected chi connectivity index (χ3v) is 0.782. The molecule has 0 aliphatic heterocycles. The largest absolute Gasteiger partial charge is 1.00 e. The Bertz CT molecular complexity index is 149. The topological polar surface area (TPSA) is 341 Å². The Morgan fingerprint density at radius 1 is 0.684 bits per heavy atom. The zero-order valence-corrected chi connectivity index (χ0v) is 15.3. The Balaban J connectivity index is -0.0000000112. The first-order chi connectivity index (χ1) is 4.46. The standard InChI is InChI=1S/C4H6O6.K.Na.7H2O/c5-1(3(7)8)2(6)4(9)10;;;;;;;;;/h1-2,5-6H,(H,7,8)(H,9,10);;;7*1H2/q;2*+1;;;;;;;/p-2. The minimum absolute atomic E-state index is 0. The van der Waals surface area contributed by atoms with Crippen LogP contribution in [0.25, 0.3) is 0 Å². The molecule has 0 heterocycles. The summed E-state index contributed by atoms with van der Waals surface area (Å²) in [7, 11) is 0. The maximum Gasteiger partial charge on any atom is 1.00 e. The van der Waals surface area contributed by atoms with E-state index in [2.05, 4.69) is 0 Å². The zero-order chi connectivity index (χ0) is 8.31. The molecule has 0 spiro atoms. The fourth-order valence-corrected chi connectivity index (χ4v) is 0.258. The third kappa shape index (κ3) is 32.6. The molecule has 0 aromatic rings. The van der Waals surface area contributed by atoms with E-state index in [0.717, 1.165) is 0 Å². The van der Waals surface area contributed by atoms with Crippen LogP contribution in [0.5, 0.6) is 0 Å². The van der Waals surface area contributed by atoms with Gasteiger partial charge in [0.2, 0.25) is 0 Å². The maximum absolute atomic E-state index is 9.63. The zero-order valence-electron chi connectivity index (χ0n) is 10.2. The average molecular weight is 336 g/mol. The van der Waals surface area contributed by atoms with Gasteiger partial charge in [-0.3, -0.25) is 0 Å². The van der Waals surface area contributed by atoms with Gasteiger partial charge >= 0.3 is 80.9 Å². The van der Waals surface area contributed by atoms with Gasteiger partial charge in [-0.25, -0.2) is 0 Å². The van der Waals surface area contributed by atoms with Crippen molar-refractivity contribution < 1.29 is 149 Å². The number of carboxylic acid groups (broad SMARTS) is 2. The molecule has 0 radical (unpaired) electrons. The Morgan fingerprint density at radius 3 is 0.842 bits per heavy atom. The van der Waals surface area contributed by atoms with Crippen molar-refractivity contribution in [3.8, 4) is 0 Å². The van der Waals surface area contributed by atoms with Crippen LogP contribution in [0.2, 0.25) is 0 Å². The van der Waals surface area contributed by atoms with Gasteiger partial charge in [0.05, 0.1) is 11.9 Å². The van der Waals surface area contributed by atoms with Gasteiger partial charge < -0.3 is 68.3 Å². The molecule has 0 bridgehead atoms. The molecule has 0 fully saturated rings. The van der Waals surface area contributed by atoms with Crippen LogP contribution in [0, 0.1) is 0 Å². The minimum Gasteiger partial charge on any atom is -0.547 e. The summed E-state index contributed by atoms with van der Waals surface area (Å²) in [4.78, 5) is 19.3. The molecule has 0 aliphatic rings. The molecule has 2 atom stereocenters. The first-order valence-corrected chi connectivity index (χ1v) is 2.24. The quantitative estimate of drug-likeness (QED) is 0.470. The van der Waals surface area contributed by atoms with Gasteiger partial charge in [0, 0.05) is 0 Å². The number of hydrogen-bond acceptors (Lipinski definition) is 6. The predicted octanol–water partition coefficient (Wildman–Crippen LogP) is -16.6. The van der Waals surface area contributed by atoms with Gasteiger partial charge in [-0.15, -0.1) is 0 Å². The van der Waals surface area contributed by atoms with E-state index in [1.165, 1.54) is 0 Å². The van der Waals surface area contributed by atoms with E-state index in [4.69, 9.17) is 10.2 Å². The monoisotopic (exact) mass is 336 g/mol. The molecule has 0 saturated heterocycles. The van der Waals surface area contributed by atoms with Gasteiger partial charge in [0.25, 0.3) is 0 Å². The van der Waals surface area contributed by atoms with Crippen molar-refractivity contribution >= 4 is 11.9 Å². The second-order valence-electron chi connectivity index (χ2n) is 1.53. The van der Waals surface area contributed by atoms with E-state index in [-0.39, 0.29) is 119 Å². The van der Waals surface area contributed by atoms with Crippen molar-refractivity contribution in [1.82, 2.24) is 0 Å². The molecular weight excluding hydrogens is 318 g/mol. The van der Waals surface area contributed by atoms with Crippen LogP contribution in [-0.2, 0) is 9.59 Å². The number of carbonyl (C=O) groups excluding carboxylic acids is 2. The first-order valence-electron chi connectivity index (χ1n) is 2.24. The van der Waals surface area contributed by atoms with Crippen molar-refractivity contribution in [1.29, 1.82) is 0 Å². The van der Waals surface area contributed by atoms with Crippen molar-refractivity contribution in [3.05, 3.63) is 0 Å². The van der Waals surface area contributed by atoms with Gasteiger partial charge in [-0.05, 0) is 0 Å². The molecule has 15 heteroatoms. The molecule has 0 aromatic heterocycles. The van der Waals surface area contributed by atoms with Crippen LogP contribution in [0.3, 0.4) is 0 Å². The summed E-state index contributed by atoms with van der Waals surface area (Å²) in [5.74, 6) is -4.12. The van der Waals surface area contributed by atoms with Gasteiger partial charge in [-0.2, -0.15) is 0 Å². The summed E-state index contributed by atoms with van der Waals surface area (Å²) in [6.45, 7) is 0. The fraction of sp³-hybridized carbons (Fsp3) is 0.500. The molecule has 0 saturated carbocycles. The van der Waals surface area contributed by atoms with Gasteiger partial charge in [-0.1, -0.05) is 0 Å². The molecule has 114 valence electrons. The normalized spacial score (nSPS) is 8.32. The van der Waals surface area contributed by atoms with Crippen molar-refractivity contribution in [2.45, 2.75) is 12.2 Å². The smallest absolute Gasteiger partial charge is 0.547 e. The van der Waals surface area contributed by atoms with E-state index in [9.17, 15) is 19.8 Å². The van der Waals surface area contributed by atoms with Crippen LogP contribution in [0.15, 0.2) is 0 Å². The van der Waals surface area contributed by atoms with Crippen molar-refractivity contribution in [2.75, 3.05) is 0 Å². The SMILES string of the molecule is O.O.O.O.O.O.O.O=C([O-])C(O)C(O)C(=O)[O-].[K+].[Na+]. The van der Waals surface area contributed by atoms with E-state index in [1.807, 2.05) is 0 Å². The number of hydrogen-bond donors (Lipinski definition) is 2. The minimum atomic E-state index is -2.44. The van der Waals surface area contributed by atoms with E-state index < -0.39 is 24.1 Å². The Hall–Kier alpha value is 1.22. The van der Waals surface area contributed by atoms with Crippen molar-refractivity contribution in [3.63, 3.8) is 0 Å². The Kier molecular flexibility index (Phi) is 137. The second kappa shape index (κ2) is 36.5. The van der Waals surface area contributed by atoms with Gasteiger partial charge in [0.15, 0.2) is 0 Å². The van der Waals surface area contributed by atoms with Crippen LogP contribution < -0.4 is 91.2 Å². The molecule has 0 aliphatic carbocycles. The predicted molar refractivity (Wildman–Crippen MR) is 47.3 cm³/mol. The number of carbonyl (C=O) groups is 2. The molecule has 2 unspecified atom stereocenters. The van der Waals surface area contributed by atoms with E-state index >= 15 is 0 Å². The summed E-state index contributed by atoms with van der Waals surface area (Å²) >= 11 is 0. The van der Waals surface area contributed by atoms with Gasteiger partial charge in [0.1, 0.15) is 12.2 Å². The maximum atomic E-state index is 9.63. The summed E-state index contributed by atoms with van der Waals surface area (Å²) < 4.78 is 0. The second-order valence-corrected chi connectivity index (χ2v) is 1.53. The first kappa shape index (κ1) is 71.5. The summed E-state index contributed by atoms with van der Waals surface area (Å²) in [6, 6.07) is 0.